The molecule has 0 saturated carbocycles. The van der Waals surface area contributed by atoms with Crippen LogP contribution in [0.5, 0.6) is 5.75 Å². The van der Waals surface area contributed by atoms with Crippen molar-refractivity contribution in [3.63, 3.8) is 0 Å². The van der Waals surface area contributed by atoms with Crippen molar-refractivity contribution in [2.24, 2.45) is 0 Å². The highest BCUT2D eigenvalue weighted by Crippen LogP contribution is 2.24. The van der Waals surface area contributed by atoms with Gasteiger partial charge in [-0.1, -0.05) is 6.07 Å². The molecule has 0 radical (unpaired) electrons. The average molecular weight is 373 g/mol. The number of benzene rings is 1. The molecule has 0 bridgehead atoms. The van der Waals surface area contributed by atoms with Crippen LogP contribution in [0.2, 0.25) is 0 Å². The van der Waals surface area contributed by atoms with Gasteiger partial charge in [-0.25, -0.2) is 0 Å². The third-order valence-electron chi connectivity index (χ3n) is 3.39. The Kier molecular flexibility index (Phi) is 7.16. The maximum absolute atomic E-state index is 11.8. The van der Waals surface area contributed by atoms with Gasteiger partial charge in [0.25, 0.3) is 5.91 Å². The number of thioether (sulfide) groups is 1. The minimum Gasteiger partial charge on any atom is -0.496 e. The summed E-state index contributed by atoms with van der Waals surface area (Å²) in [6, 6.07) is 10.1. The van der Waals surface area contributed by atoms with E-state index in [-0.39, 0.29) is 23.1 Å². The Bertz CT molecular complexity index is 796. The summed E-state index contributed by atoms with van der Waals surface area (Å²) in [6.07, 6.45) is 1.50. The zero-order valence-electron chi connectivity index (χ0n) is 14.4. The standard InChI is InChI=1S/C18H19N3O4S/c1-12(22)13-6-7-16(25-2)14(9-13)10-26-11-17(23)20-21-18(24)15-5-3-4-8-19-15/h3-9H,10-11H2,1-2H3,(H,20,23)(H,21,24). The van der Waals surface area contributed by atoms with Gasteiger partial charge >= 0.3 is 0 Å². The van der Waals surface area contributed by atoms with Crippen LogP contribution in [0.3, 0.4) is 0 Å². The molecule has 0 fully saturated rings. The van der Waals surface area contributed by atoms with Crippen molar-refractivity contribution < 1.29 is 19.1 Å². The summed E-state index contributed by atoms with van der Waals surface area (Å²) in [5.74, 6) is 0.419. The van der Waals surface area contributed by atoms with E-state index in [2.05, 4.69) is 15.8 Å². The Labute approximate surface area is 155 Å². The van der Waals surface area contributed by atoms with Gasteiger partial charge in [0.15, 0.2) is 5.78 Å². The number of pyridine rings is 1. The number of methoxy groups -OCH3 is 1. The highest BCUT2D eigenvalue weighted by atomic mass is 32.2. The van der Waals surface area contributed by atoms with Crippen LogP contribution < -0.4 is 15.6 Å². The number of carbonyl (C=O) groups excluding carboxylic acids is 3. The van der Waals surface area contributed by atoms with Gasteiger partial charge in [-0.3, -0.25) is 30.2 Å². The lowest BCUT2D eigenvalue weighted by Gasteiger charge is -2.10. The molecule has 2 aromatic rings. The summed E-state index contributed by atoms with van der Waals surface area (Å²) in [6.45, 7) is 1.50. The third kappa shape index (κ3) is 5.59. The molecule has 1 heterocycles. The number of hydrogen-bond acceptors (Lipinski definition) is 6. The van der Waals surface area contributed by atoms with Crippen molar-refractivity contribution in [3.8, 4) is 5.75 Å². The molecule has 136 valence electrons. The molecule has 7 nitrogen and oxygen atoms in total. The second-order valence-corrected chi connectivity index (χ2v) is 6.28. The molecule has 0 unspecified atom stereocenters. The van der Waals surface area contributed by atoms with Crippen molar-refractivity contribution in [2.75, 3.05) is 12.9 Å². The van der Waals surface area contributed by atoms with Crippen LogP contribution in [-0.4, -0.2) is 35.4 Å². The summed E-state index contributed by atoms with van der Waals surface area (Å²) in [5.41, 5.74) is 6.29. The molecule has 1 aromatic heterocycles. The lowest BCUT2D eigenvalue weighted by molar-refractivity contribution is -0.119. The van der Waals surface area contributed by atoms with Crippen molar-refractivity contribution in [1.82, 2.24) is 15.8 Å². The summed E-state index contributed by atoms with van der Waals surface area (Å²) in [5, 5.41) is 0. The largest absolute Gasteiger partial charge is 0.496 e. The van der Waals surface area contributed by atoms with E-state index in [0.29, 0.717) is 17.1 Å². The van der Waals surface area contributed by atoms with Crippen LogP contribution in [-0.2, 0) is 10.5 Å². The maximum atomic E-state index is 11.8. The highest BCUT2D eigenvalue weighted by Gasteiger charge is 2.10. The van der Waals surface area contributed by atoms with Crippen LogP contribution in [0.4, 0.5) is 0 Å². The van der Waals surface area contributed by atoms with Crippen molar-refractivity contribution in [1.29, 1.82) is 0 Å². The Morgan fingerprint density at radius 2 is 1.96 bits per heavy atom. The van der Waals surface area contributed by atoms with E-state index in [4.69, 9.17) is 4.74 Å². The number of ether oxygens (including phenoxy) is 1. The van der Waals surface area contributed by atoms with Gasteiger partial charge in [-0.05, 0) is 37.3 Å². The third-order valence-corrected chi connectivity index (χ3v) is 4.37. The number of ketones is 1. The molecule has 1 aromatic carbocycles. The number of nitrogens with one attached hydrogen (secondary N) is 2. The number of nitrogens with zero attached hydrogens (tertiary/aromatic N) is 1. The first kappa shape index (κ1) is 19.5. The fraction of sp³-hybridized carbons (Fsp3) is 0.222. The Hall–Kier alpha value is -2.87. The maximum Gasteiger partial charge on any atom is 0.288 e. The number of rotatable bonds is 7. The smallest absolute Gasteiger partial charge is 0.288 e. The number of hydrogen-bond donors (Lipinski definition) is 2. The lowest BCUT2D eigenvalue weighted by Crippen LogP contribution is -2.42. The molecule has 2 rings (SSSR count). The van der Waals surface area contributed by atoms with Crippen LogP contribution in [0, 0.1) is 0 Å². The molecule has 26 heavy (non-hydrogen) atoms. The number of aromatic nitrogens is 1. The fourth-order valence-corrected chi connectivity index (χ4v) is 2.89. The van der Waals surface area contributed by atoms with E-state index in [9.17, 15) is 14.4 Å². The first-order chi connectivity index (χ1) is 12.5. The Morgan fingerprint density at radius 1 is 1.15 bits per heavy atom. The molecule has 0 aliphatic rings. The van der Waals surface area contributed by atoms with E-state index in [1.165, 1.54) is 24.9 Å². The molecule has 8 heteroatoms. The number of carbonyl (C=O) groups is 3. The van der Waals surface area contributed by atoms with Crippen LogP contribution in [0.1, 0.15) is 33.3 Å². The first-order valence-electron chi connectivity index (χ1n) is 7.77. The quantitative estimate of drug-likeness (QED) is 0.569. The molecule has 0 aliphatic carbocycles. The van der Waals surface area contributed by atoms with Crippen molar-refractivity contribution in [3.05, 3.63) is 59.4 Å². The van der Waals surface area contributed by atoms with Crippen LogP contribution in [0.15, 0.2) is 42.6 Å². The second-order valence-electron chi connectivity index (χ2n) is 5.29. The number of amides is 2. The summed E-state index contributed by atoms with van der Waals surface area (Å²) in [7, 11) is 1.55. The predicted octanol–water partition coefficient (Wildman–Crippen LogP) is 1.99. The lowest BCUT2D eigenvalue weighted by atomic mass is 10.1. The minimum atomic E-state index is -0.486. The molecule has 0 atom stereocenters. The Balaban J connectivity index is 1.82. The normalized spacial score (nSPS) is 10.1. The van der Waals surface area contributed by atoms with Crippen molar-refractivity contribution >= 4 is 29.4 Å². The van der Waals surface area contributed by atoms with Gasteiger partial charge in [0, 0.05) is 23.1 Å². The van der Waals surface area contributed by atoms with Gasteiger partial charge in [0.1, 0.15) is 11.4 Å². The molecular weight excluding hydrogens is 354 g/mol. The van der Waals surface area contributed by atoms with Gasteiger partial charge in [-0.2, -0.15) is 0 Å². The molecule has 0 spiro atoms. The summed E-state index contributed by atoms with van der Waals surface area (Å²) >= 11 is 1.34. The van der Waals surface area contributed by atoms with E-state index in [1.54, 1.807) is 43.5 Å². The fourth-order valence-electron chi connectivity index (χ4n) is 2.09. The summed E-state index contributed by atoms with van der Waals surface area (Å²) < 4.78 is 5.28. The summed E-state index contributed by atoms with van der Waals surface area (Å²) in [4.78, 5) is 39.0. The monoisotopic (exact) mass is 373 g/mol. The highest BCUT2D eigenvalue weighted by molar-refractivity contribution is 7.99. The SMILES string of the molecule is COc1ccc(C(C)=O)cc1CSCC(=O)NNC(=O)c1ccccn1. The number of hydrazine groups is 1. The van der Waals surface area contributed by atoms with Crippen LogP contribution >= 0.6 is 11.8 Å². The predicted molar refractivity (Wildman–Crippen MR) is 99.0 cm³/mol. The zero-order chi connectivity index (χ0) is 18.9. The zero-order valence-corrected chi connectivity index (χ0v) is 15.3. The molecule has 0 saturated heterocycles. The molecule has 2 N–H and O–H groups in total. The van der Waals surface area contributed by atoms with Crippen molar-refractivity contribution in [2.45, 2.75) is 12.7 Å². The van der Waals surface area contributed by atoms with Gasteiger partial charge in [0.05, 0.1) is 12.9 Å². The minimum absolute atomic E-state index is 0.0334. The molecule has 0 aliphatic heterocycles. The van der Waals surface area contributed by atoms with Gasteiger partial charge < -0.3 is 4.74 Å². The number of Topliss-reactive ketones (excluding diaryl/α,β-unsaturated/α-hetero) is 1. The van der Waals surface area contributed by atoms with E-state index in [0.717, 1.165) is 5.56 Å². The van der Waals surface area contributed by atoms with Crippen LogP contribution in [0.25, 0.3) is 0 Å². The Morgan fingerprint density at radius 3 is 2.62 bits per heavy atom. The van der Waals surface area contributed by atoms with E-state index in [1.807, 2.05) is 0 Å². The topological polar surface area (TPSA) is 97.4 Å². The first-order valence-corrected chi connectivity index (χ1v) is 8.92. The molecule has 2 amide bonds. The van der Waals surface area contributed by atoms with Gasteiger partial charge in [0.2, 0.25) is 5.91 Å². The molecular formula is C18H19N3O4S. The average Bonchev–Trinajstić information content (AvgIpc) is 2.66. The van der Waals surface area contributed by atoms with Gasteiger partial charge in [-0.15, -0.1) is 11.8 Å². The van der Waals surface area contributed by atoms with E-state index < -0.39 is 5.91 Å². The second kappa shape index (κ2) is 9.57. The van der Waals surface area contributed by atoms with E-state index >= 15 is 0 Å².